The third kappa shape index (κ3) is 2.92. The molecule has 2 rings (SSSR count). The zero-order valence-electron chi connectivity index (χ0n) is 11.6. The molecule has 0 aliphatic heterocycles. The van der Waals surface area contributed by atoms with Gasteiger partial charge in [-0.2, -0.15) is 0 Å². The van der Waals surface area contributed by atoms with Gasteiger partial charge in [0.25, 0.3) is 5.56 Å². The minimum Gasteiger partial charge on any atom is -0.356 e. The van der Waals surface area contributed by atoms with Crippen LogP contribution in [0, 0.1) is 5.92 Å². The van der Waals surface area contributed by atoms with Crippen LogP contribution in [-0.4, -0.2) is 23.1 Å². The van der Waals surface area contributed by atoms with Gasteiger partial charge in [-0.15, -0.1) is 0 Å². The predicted octanol–water partition coefficient (Wildman–Crippen LogP) is 2.35. The van der Waals surface area contributed by atoms with Crippen LogP contribution in [0.4, 0.5) is 5.82 Å². The zero-order chi connectivity index (χ0) is 13.1. The molecule has 4 heteroatoms. The van der Waals surface area contributed by atoms with Gasteiger partial charge in [-0.25, -0.2) is 4.98 Å². The molecule has 1 aliphatic rings. The van der Waals surface area contributed by atoms with E-state index >= 15 is 0 Å². The van der Waals surface area contributed by atoms with Crippen LogP contribution in [0.3, 0.4) is 0 Å². The number of anilines is 1. The number of aromatic amines is 1. The molecule has 1 saturated carbocycles. The van der Waals surface area contributed by atoms with Gasteiger partial charge < -0.3 is 9.88 Å². The molecule has 1 N–H and O–H groups in total. The Morgan fingerprint density at radius 3 is 2.94 bits per heavy atom. The Morgan fingerprint density at radius 2 is 2.28 bits per heavy atom. The number of H-pyrrole nitrogens is 1. The summed E-state index contributed by atoms with van der Waals surface area (Å²) < 4.78 is 0. The van der Waals surface area contributed by atoms with Crippen molar-refractivity contribution in [2.75, 3.05) is 11.9 Å². The van der Waals surface area contributed by atoms with Crippen LogP contribution >= 0.6 is 0 Å². The normalized spacial score (nSPS) is 23.9. The van der Waals surface area contributed by atoms with E-state index in [0.29, 0.717) is 6.04 Å². The third-order valence-corrected chi connectivity index (χ3v) is 3.93. The molecule has 0 amide bonds. The summed E-state index contributed by atoms with van der Waals surface area (Å²) in [5.74, 6) is 2.36. The molecular formula is C14H23N3O. The third-order valence-electron chi connectivity index (χ3n) is 3.93. The topological polar surface area (TPSA) is 49.0 Å². The summed E-state index contributed by atoms with van der Waals surface area (Å²) in [6, 6.07) is 2.13. The van der Waals surface area contributed by atoms with Gasteiger partial charge in [0.1, 0.15) is 11.6 Å². The minimum absolute atomic E-state index is 0.0486. The standard InChI is InChI=1S/C14H23N3O/c1-4-12-15-13(9-14(18)16-12)17(3)11-7-5-6-10(2)8-11/h9-11H,4-8H2,1-3H3,(H,15,16,18). The zero-order valence-corrected chi connectivity index (χ0v) is 11.6. The Bertz CT molecular complexity index is 455. The molecule has 1 aliphatic carbocycles. The van der Waals surface area contributed by atoms with Crippen molar-refractivity contribution in [1.29, 1.82) is 0 Å². The van der Waals surface area contributed by atoms with Crippen LogP contribution < -0.4 is 10.5 Å². The van der Waals surface area contributed by atoms with E-state index < -0.39 is 0 Å². The highest BCUT2D eigenvalue weighted by molar-refractivity contribution is 5.37. The van der Waals surface area contributed by atoms with Gasteiger partial charge in [-0.05, 0) is 18.8 Å². The summed E-state index contributed by atoms with van der Waals surface area (Å²) in [5.41, 5.74) is -0.0486. The van der Waals surface area contributed by atoms with Crippen LogP contribution in [0.15, 0.2) is 10.9 Å². The monoisotopic (exact) mass is 249 g/mol. The van der Waals surface area contributed by atoms with Crippen molar-refractivity contribution in [2.45, 2.75) is 52.0 Å². The van der Waals surface area contributed by atoms with Crippen molar-refractivity contribution in [3.05, 3.63) is 22.2 Å². The molecule has 0 bridgehead atoms. The molecule has 18 heavy (non-hydrogen) atoms. The molecule has 2 unspecified atom stereocenters. The molecule has 1 aromatic rings. The quantitative estimate of drug-likeness (QED) is 0.894. The average molecular weight is 249 g/mol. The van der Waals surface area contributed by atoms with Gasteiger partial charge in [0.15, 0.2) is 0 Å². The lowest BCUT2D eigenvalue weighted by Gasteiger charge is -2.34. The van der Waals surface area contributed by atoms with E-state index in [1.807, 2.05) is 6.92 Å². The predicted molar refractivity (Wildman–Crippen MR) is 74.1 cm³/mol. The molecule has 0 spiro atoms. The van der Waals surface area contributed by atoms with E-state index in [2.05, 4.69) is 28.8 Å². The van der Waals surface area contributed by atoms with Gasteiger partial charge in [0.2, 0.25) is 0 Å². The lowest BCUT2D eigenvalue weighted by atomic mass is 9.86. The van der Waals surface area contributed by atoms with Crippen LogP contribution in [0.2, 0.25) is 0 Å². The number of aromatic nitrogens is 2. The maximum atomic E-state index is 11.6. The van der Waals surface area contributed by atoms with Gasteiger partial charge >= 0.3 is 0 Å². The molecule has 0 radical (unpaired) electrons. The van der Waals surface area contributed by atoms with E-state index in [1.165, 1.54) is 25.7 Å². The maximum Gasteiger partial charge on any atom is 0.252 e. The van der Waals surface area contributed by atoms with Crippen LogP contribution in [0.5, 0.6) is 0 Å². The fraction of sp³-hybridized carbons (Fsp3) is 0.714. The van der Waals surface area contributed by atoms with Gasteiger partial charge in [0, 0.05) is 25.6 Å². The molecular weight excluding hydrogens is 226 g/mol. The largest absolute Gasteiger partial charge is 0.356 e. The summed E-state index contributed by atoms with van der Waals surface area (Å²) >= 11 is 0. The Morgan fingerprint density at radius 1 is 1.50 bits per heavy atom. The summed E-state index contributed by atoms with van der Waals surface area (Å²) in [4.78, 5) is 21.1. The first-order valence-corrected chi connectivity index (χ1v) is 6.93. The Kier molecular flexibility index (Phi) is 4.04. The number of hydrogen-bond donors (Lipinski definition) is 1. The number of aryl methyl sites for hydroxylation is 1. The minimum atomic E-state index is -0.0486. The molecule has 2 atom stereocenters. The van der Waals surface area contributed by atoms with Crippen LogP contribution in [0.25, 0.3) is 0 Å². The fourth-order valence-corrected chi connectivity index (χ4v) is 2.78. The second kappa shape index (κ2) is 5.55. The van der Waals surface area contributed by atoms with Gasteiger partial charge in [-0.3, -0.25) is 4.79 Å². The van der Waals surface area contributed by atoms with E-state index in [0.717, 1.165) is 24.0 Å². The van der Waals surface area contributed by atoms with E-state index in [4.69, 9.17) is 0 Å². The Labute approximate surface area is 108 Å². The van der Waals surface area contributed by atoms with E-state index in [9.17, 15) is 4.79 Å². The highest BCUT2D eigenvalue weighted by Gasteiger charge is 2.23. The molecule has 0 aromatic carbocycles. The van der Waals surface area contributed by atoms with Crippen molar-refractivity contribution in [3.63, 3.8) is 0 Å². The summed E-state index contributed by atoms with van der Waals surface area (Å²) in [5, 5.41) is 0. The SMILES string of the molecule is CCc1nc(N(C)C2CCCC(C)C2)cc(=O)[nH]1. The number of hydrogen-bond acceptors (Lipinski definition) is 3. The number of rotatable bonds is 3. The number of nitrogens with zero attached hydrogens (tertiary/aromatic N) is 2. The highest BCUT2D eigenvalue weighted by atomic mass is 16.1. The molecule has 1 fully saturated rings. The highest BCUT2D eigenvalue weighted by Crippen LogP contribution is 2.28. The van der Waals surface area contributed by atoms with Crippen molar-refractivity contribution in [2.24, 2.45) is 5.92 Å². The lowest BCUT2D eigenvalue weighted by molar-refractivity contribution is 0.335. The Hall–Kier alpha value is -1.32. The van der Waals surface area contributed by atoms with Crippen molar-refractivity contribution < 1.29 is 0 Å². The first-order valence-electron chi connectivity index (χ1n) is 6.93. The summed E-state index contributed by atoms with van der Waals surface area (Å²) in [6.07, 6.45) is 5.77. The maximum absolute atomic E-state index is 11.6. The molecule has 100 valence electrons. The molecule has 1 heterocycles. The van der Waals surface area contributed by atoms with Gasteiger partial charge in [0.05, 0.1) is 0 Å². The smallest absolute Gasteiger partial charge is 0.252 e. The first kappa shape index (κ1) is 13.1. The van der Waals surface area contributed by atoms with Crippen LogP contribution in [0.1, 0.15) is 45.4 Å². The number of nitrogens with one attached hydrogen (secondary N) is 1. The van der Waals surface area contributed by atoms with Crippen molar-refractivity contribution >= 4 is 5.82 Å². The molecule has 4 nitrogen and oxygen atoms in total. The molecule has 1 aromatic heterocycles. The summed E-state index contributed by atoms with van der Waals surface area (Å²) in [6.45, 7) is 4.31. The van der Waals surface area contributed by atoms with Crippen molar-refractivity contribution in [3.8, 4) is 0 Å². The second-order valence-electron chi connectivity index (χ2n) is 5.44. The second-order valence-corrected chi connectivity index (χ2v) is 5.44. The van der Waals surface area contributed by atoms with E-state index in [-0.39, 0.29) is 5.56 Å². The summed E-state index contributed by atoms with van der Waals surface area (Å²) in [7, 11) is 2.06. The fourth-order valence-electron chi connectivity index (χ4n) is 2.78. The van der Waals surface area contributed by atoms with Crippen molar-refractivity contribution in [1.82, 2.24) is 9.97 Å². The first-order chi connectivity index (χ1) is 8.60. The van der Waals surface area contributed by atoms with Crippen LogP contribution in [-0.2, 0) is 6.42 Å². The molecule has 0 saturated heterocycles. The average Bonchev–Trinajstić information content (AvgIpc) is 2.37. The lowest BCUT2D eigenvalue weighted by Crippen LogP contribution is -2.36. The Balaban J connectivity index is 2.19. The van der Waals surface area contributed by atoms with Gasteiger partial charge in [-0.1, -0.05) is 26.7 Å². The van der Waals surface area contributed by atoms with E-state index in [1.54, 1.807) is 6.07 Å².